The molecule has 2 rings (SSSR count). The molecule has 0 saturated heterocycles. The standard InChI is InChI=1S/C35H56NO3/c1-6-8-9-10-11-12-13-14-15-16-20-25-32-26-21-22-27-34(32)39-30(3)29-38-35(37)33(7-2)36(4,5)28-31-23-18-17-19-24-31/h17-19,21-24,26-27,30,33H,6-16,20,25,28-29H2,1-5H3/q+1. The molecule has 0 radical (unpaired) electrons. The minimum Gasteiger partial charge on any atom is -0.487 e. The smallest absolute Gasteiger partial charge is 0.365 e. The molecule has 2 aromatic carbocycles. The van der Waals surface area contributed by atoms with E-state index in [0.29, 0.717) is 4.48 Å². The lowest BCUT2D eigenvalue weighted by Crippen LogP contribution is -2.52. The fourth-order valence-corrected chi connectivity index (χ4v) is 5.46. The highest BCUT2D eigenvalue weighted by atomic mass is 16.6. The molecule has 0 N–H and O–H groups in total. The van der Waals surface area contributed by atoms with Gasteiger partial charge in [0.05, 0.1) is 14.1 Å². The molecule has 0 aliphatic heterocycles. The number of rotatable bonds is 21. The van der Waals surface area contributed by atoms with E-state index < -0.39 is 0 Å². The fourth-order valence-electron chi connectivity index (χ4n) is 5.46. The van der Waals surface area contributed by atoms with Gasteiger partial charge < -0.3 is 14.0 Å². The van der Waals surface area contributed by atoms with Crippen LogP contribution in [-0.4, -0.2) is 43.3 Å². The summed E-state index contributed by atoms with van der Waals surface area (Å²) in [4.78, 5) is 13.1. The zero-order chi connectivity index (χ0) is 28.3. The van der Waals surface area contributed by atoms with E-state index in [1.807, 2.05) is 37.3 Å². The lowest BCUT2D eigenvalue weighted by molar-refractivity contribution is -0.919. The van der Waals surface area contributed by atoms with Gasteiger partial charge >= 0.3 is 5.97 Å². The third-order valence-electron chi connectivity index (χ3n) is 7.75. The maximum Gasteiger partial charge on any atom is 0.365 e. The Kier molecular flexibility index (Phi) is 15.9. The fraction of sp³-hybridized carbons (Fsp3) is 0.629. The summed E-state index contributed by atoms with van der Waals surface area (Å²) in [5.41, 5.74) is 2.47. The second kappa shape index (κ2) is 18.9. The van der Waals surface area contributed by atoms with Crippen LogP contribution >= 0.6 is 0 Å². The third kappa shape index (κ3) is 13.0. The van der Waals surface area contributed by atoms with Gasteiger partial charge in [-0.3, -0.25) is 0 Å². The molecule has 0 fully saturated rings. The number of ether oxygens (including phenoxy) is 2. The van der Waals surface area contributed by atoms with E-state index in [1.165, 1.54) is 81.8 Å². The van der Waals surface area contributed by atoms with Crippen LogP contribution < -0.4 is 4.74 Å². The van der Waals surface area contributed by atoms with Crippen molar-refractivity contribution in [3.05, 3.63) is 65.7 Å². The second-order valence-electron chi connectivity index (χ2n) is 11.8. The van der Waals surface area contributed by atoms with Crippen LogP contribution in [0.5, 0.6) is 5.75 Å². The number of benzene rings is 2. The minimum absolute atomic E-state index is 0.150. The average molecular weight is 539 g/mol. The number of nitrogens with zero attached hydrogens (tertiary/aromatic N) is 1. The summed E-state index contributed by atoms with van der Waals surface area (Å²) in [7, 11) is 4.21. The number of para-hydroxylation sites is 1. The van der Waals surface area contributed by atoms with Gasteiger partial charge in [0, 0.05) is 12.0 Å². The molecule has 0 aliphatic carbocycles. The Labute approximate surface area is 239 Å². The lowest BCUT2D eigenvalue weighted by Gasteiger charge is -2.36. The van der Waals surface area contributed by atoms with Crippen molar-refractivity contribution >= 4 is 5.97 Å². The van der Waals surface area contributed by atoms with Gasteiger partial charge in [-0.1, -0.05) is 127 Å². The Morgan fingerprint density at radius 2 is 1.33 bits per heavy atom. The van der Waals surface area contributed by atoms with E-state index in [9.17, 15) is 4.79 Å². The van der Waals surface area contributed by atoms with Crippen molar-refractivity contribution in [2.24, 2.45) is 0 Å². The molecule has 2 aromatic rings. The molecule has 0 amide bonds. The highest BCUT2D eigenvalue weighted by Crippen LogP contribution is 2.23. The van der Waals surface area contributed by atoms with Gasteiger partial charge in [0.1, 0.15) is 25.0 Å². The zero-order valence-corrected chi connectivity index (χ0v) is 25.6. The molecular formula is C35H56NO3+. The Morgan fingerprint density at radius 3 is 1.95 bits per heavy atom. The quantitative estimate of drug-likeness (QED) is 0.0904. The number of carbonyl (C=O) groups excluding carboxylic acids is 1. The van der Waals surface area contributed by atoms with Crippen molar-refractivity contribution in [3.8, 4) is 5.75 Å². The average Bonchev–Trinajstić information content (AvgIpc) is 2.92. The first-order valence-electron chi connectivity index (χ1n) is 15.6. The van der Waals surface area contributed by atoms with Crippen LogP contribution in [0, 0.1) is 0 Å². The number of carbonyl (C=O) groups is 1. The maximum absolute atomic E-state index is 13.1. The van der Waals surface area contributed by atoms with E-state index >= 15 is 0 Å². The monoisotopic (exact) mass is 538 g/mol. The molecule has 0 spiro atoms. The van der Waals surface area contributed by atoms with Crippen molar-refractivity contribution in [2.45, 2.75) is 123 Å². The van der Waals surface area contributed by atoms with Gasteiger partial charge in [-0.2, -0.15) is 0 Å². The van der Waals surface area contributed by atoms with Gasteiger partial charge in [-0.25, -0.2) is 4.79 Å². The molecule has 0 aliphatic rings. The van der Waals surface area contributed by atoms with Crippen LogP contribution in [0.4, 0.5) is 0 Å². The van der Waals surface area contributed by atoms with Gasteiger partial charge in [-0.15, -0.1) is 0 Å². The van der Waals surface area contributed by atoms with E-state index in [1.54, 1.807) is 0 Å². The summed E-state index contributed by atoms with van der Waals surface area (Å²) in [5, 5.41) is 0. The van der Waals surface area contributed by atoms with Gasteiger partial charge in [-0.05, 0) is 31.4 Å². The van der Waals surface area contributed by atoms with E-state index in [-0.39, 0.29) is 24.7 Å². The molecule has 0 saturated carbocycles. The van der Waals surface area contributed by atoms with E-state index in [4.69, 9.17) is 9.47 Å². The number of hydrogen-bond acceptors (Lipinski definition) is 3. The predicted octanol–water partition coefficient (Wildman–Crippen LogP) is 8.91. The minimum atomic E-state index is -0.217. The number of hydrogen-bond donors (Lipinski definition) is 0. The first-order chi connectivity index (χ1) is 18.9. The van der Waals surface area contributed by atoms with Crippen LogP contribution in [-0.2, 0) is 22.5 Å². The van der Waals surface area contributed by atoms with Gasteiger partial charge in [0.25, 0.3) is 0 Å². The topological polar surface area (TPSA) is 35.5 Å². The Morgan fingerprint density at radius 1 is 0.769 bits per heavy atom. The van der Waals surface area contributed by atoms with E-state index in [2.05, 4.69) is 52.2 Å². The second-order valence-corrected chi connectivity index (χ2v) is 11.8. The molecule has 4 nitrogen and oxygen atoms in total. The van der Waals surface area contributed by atoms with Crippen LogP contribution in [0.15, 0.2) is 54.6 Å². The highest BCUT2D eigenvalue weighted by molar-refractivity contribution is 5.74. The van der Waals surface area contributed by atoms with Gasteiger partial charge in [0.15, 0.2) is 6.04 Å². The first kappa shape index (κ1) is 32.9. The molecule has 4 heteroatoms. The summed E-state index contributed by atoms with van der Waals surface area (Å²) >= 11 is 0. The molecule has 39 heavy (non-hydrogen) atoms. The van der Waals surface area contributed by atoms with Crippen LogP contribution in [0.1, 0.15) is 109 Å². The Bertz CT molecular complexity index is 911. The SMILES string of the molecule is CCCCCCCCCCCCCc1ccccc1OC(C)COC(=O)C(CC)[N+](C)(C)Cc1ccccc1. The number of esters is 1. The Balaban J connectivity index is 1.72. The highest BCUT2D eigenvalue weighted by Gasteiger charge is 2.35. The molecule has 2 atom stereocenters. The molecule has 2 unspecified atom stereocenters. The lowest BCUT2D eigenvalue weighted by atomic mass is 10.0. The van der Waals surface area contributed by atoms with Crippen LogP contribution in [0.25, 0.3) is 0 Å². The number of aryl methyl sites for hydroxylation is 1. The molecule has 218 valence electrons. The van der Waals surface area contributed by atoms with Gasteiger partial charge in [0.2, 0.25) is 0 Å². The summed E-state index contributed by atoms with van der Waals surface area (Å²) in [6.07, 6.45) is 16.4. The number of unbranched alkanes of at least 4 members (excludes halogenated alkanes) is 10. The summed E-state index contributed by atoms with van der Waals surface area (Å²) in [6, 6.07) is 18.4. The summed E-state index contributed by atoms with van der Waals surface area (Å²) in [6.45, 7) is 7.36. The van der Waals surface area contributed by atoms with Crippen LogP contribution in [0.2, 0.25) is 0 Å². The van der Waals surface area contributed by atoms with Crippen LogP contribution in [0.3, 0.4) is 0 Å². The van der Waals surface area contributed by atoms with Crippen molar-refractivity contribution in [1.29, 1.82) is 0 Å². The first-order valence-corrected chi connectivity index (χ1v) is 15.6. The molecule has 0 aromatic heterocycles. The summed E-state index contributed by atoms with van der Waals surface area (Å²) in [5.74, 6) is 0.767. The predicted molar refractivity (Wildman–Crippen MR) is 164 cm³/mol. The molecule has 0 bridgehead atoms. The maximum atomic E-state index is 13.1. The van der Waals surface area contributed by atoms with Crippen molar-refractivity contribution in [3.63, 3.8) is 0 Å². The van der Waals surface area contributed by atoms with Crippen molar-refractivity contribution in [2.75, 3.05) is 20.7 Å². The zero-order valence-electron chi connectivity index (χ0n) is 25.6. The Hall–Kier alpha value is -2.33. The van der Waals surface area contributed by atoms with Crippen molar-refractivity contribution < 1.29 is 18.8 Å². The molecular weight excluding hydrogens is 482 g/mol. The number of quaternary nitrogens is 1. The summed E-state index contributed by atoms with van der Waals surface area (Å²) < 4.78 is 12.6. The number of likely N-dealkylation sites (N-methyl/N-ethyl adjacent to an activating group) is 1. The van der Waals surface area contributed by atoms with E-state index in [0.717, 1.165) is 25.1 Å². The third-order valence-corrected chi connectivity index (χ3v) is 7.75. The largest absolute Gasteiger partial charge is 0.487 e. The normalized spacial score (nSPS) is 13.2. The molecule has 0 heterocycles. The van der Waals surface area contributed by atoms with Crippen molar-refractivity contribution in [1.82, 2.24) is 0 Å².